The van der Waals surface area contributed by atoms with Crippen molar-refractivity contribution < 1.29 is 23.8 Å². The van der Waals surface area contributed by atoms with Gasteiger partial charge in [0.15, 0.2) is 0 Å². The third-order valence-corrected chi connectivity index (χ3v) is 4.52. The number of hydrogen-bond acceptors (Lipinski definition) is 5. The number of hydrogen-bond donors (Lipinski definition) is 1. The largest absolute Gasteiger partial charge is 0.469 e. The summed E-state index contributed by atoms with van der Waals surface area (Å²) in [4.78, 5) is 23.0. The Bertz CT molecular complexity index is 435. The molecular weight excluding hydrogens is 389 g/mol. The van der Waals surface area contributed by atoms with Crippen molar-refractivity contribution in [3.8, 4) is 0 Å². The SMILES string of the molecule is CNC(=O)O[C@@H]1[C@@H](/C=C/I)O[C@H](CC(=O)OC)CC12CC2. The van der Waals surface area contributed by atoms with Crippen LogP contribution >= 0.6 is 22.6 Å². The highest BCUT2D eigenvalue weighted by Gasteiger charge is 2.58. The summed E-state index contributed by atoms with van der Waals surface area (Å²) in [5.74, 6) is -0.279. The molecule has 7 heteroatoms. The topological polar surface area (TPSA) is 73.9 Å². The average molecular weight is 409 g/mol. The first-order valence-corrected chi connectivity index (χ1v) is 8.17. The van der Waals surface area contributed by atoms with Crippen molar-refractivity contribution in [1.29, 1.82) is 0 Å². The molecule has 2 aliphatic rings. The molecule has 1 spiro atoms. The number of nitrogens with one attached hydrogen (secondary N) is 1. The van der Waals surface area contributed by atoms with Crippen LogP contribution < -0.4 is 5.32 Å². The molecule has 1 aliphatic carbocycles. The molecule has 3 atom stereocenters. The molecule has 0 aromatic carbocycles. The van der Waals surface area contributed by atoms with Gasteiger partial charge in [-0.25, -0.2) is 4.79 Å². The van der Waals surface area contributed by atoms with E-state index in [1.165, 1.54) is 14.2 Å². The van der Waals surface area contributed by atoms with E-state index in [1.807, 2.05) is 10.2 Å². The highest BCUT2D eigenvalue weighted by atomic mass is 127. The van der Waals surface area contributed by atoms with Gasteiger partial charge >= 0.3 is 12.1 Å². The second-order valence-electron chi connectivity index (χ2n) is 5.46. The zero-order valence-electron chi connectivity index (χ0n) is 12.1. The van der Waals surface area contributed by atoms with E-state index in [0.717, 1.165) is 19.3 Å². The lowest BCUT2D eigenvalue weighted by molar-refractivity contribution is -0.158. The van der Waals surface area contributed by atoms with Gasteiger partial charge in [-0.15, -0.1) is 0 Å². The van der Waals surface area contributed by atoms with Crippen LogP contribution in [0.1, 0.15) is 25.7 Å². The molecule has 1 heterocycles. The van der Waals surface area contributed by atoms with Crippen molar-refractivity contribution >= 4 is 34.7 Å². The van der Waals surface area contributed by atoms with Crippen LogP contribution in [0.5, 0.6) is 0 Å². The fourth-order valence-corrected chi connectivity index (χ4v) is 3.29. The zero-order valence-corrected chi connectivity index (χ0v) is 14.3. The molecule has 0 aromatic rings. The Kier molecular flexibility index (Phi) is 5.48. The van der Waals surface area contributed by atoms with E-state index in [2.05, 4.69) is 27.9 Å². The number of amides is 1. The van der Waals surface area contributed by atoms with Gasteiger partial charge in [0.2, 0.25) is 0 Å². The molecule has 118 valence electrons. The quantitative estimate of drug-likeness (QED) is 0.569. The molecule has 21 heavy (non-hydrogen) atoms. The maximum absolute atomic E-state index is 11.6. The minimum atomic E-state index is -0.451. The Morgan fingerprint density at radius 2 is 2.19 bits per heavy atom. The first kappa shape index (κ1) is 16.5. The summed E-state index contributed by atoms with van der Waals surface area (Å²) in [6.45, 7) is 0. The molecule has 1 aliphatic heterocycles. The number of halogens is 1. The van der Waals surface area contributed by atoms with E-state index in [9.17, 15) is 9.59 Å². The second kappa shape index (κ2) is 6.95. The monoisotopic (exact) mass is 409 g/mol. The molecule has 1 N–H and O–H groups in total. The number of alkyl carbamates (subject to hydrolysis) is 1. The second-order valence-corrected chi connectivity index (χ2v) is 6.18. The lowest BCUT2D eigenvalue weighted by atomic mass is 9.84. The fraction of sp³-hybridized carbons (Fsp3) is 0.714. The normalized spacial score (nSPS) is 30.1. The van der Waals surface area contributed by atoms with Crippen LogP contribution in [-0.4, -0.2) is 44.5 Å². The predicted octanol–water partition coefficient (Wildman–Crippen LogP) is 2.16. The summed E-state index contributed by atoms with van der Waals surface area (Å²) in [7, 11) is 2.91. The molecule has 0 aromatic heterocycles. The first-order valence-electron chi connectivity index (χ1n) is 6.92. The van der Waals surface area contributed by atoms with Gasteiger partial charge in [0.05, 0.1) is 19.6 Å². The number of esters is 1. The molecule has 0 unspecified atom stereocenters. The lowest BCUT2D eigenvalue weighted by Gasteiger charge is -2.40. The molecular formula is C14H20INO5. The Morgan fingerprint density at radius 3 is 2.71 bits per heavy atom. The number of rotatable bonds is 4. The molecule has 0 bridgehead atoms. The van der Waals surface area contributed by atoms with E-state index < -0.39 is 6.09 Å². The Morgan fingerprint density at radius 1 is 1.48 bits per heavy atom. The molecule has 2 rings (SSSR count). The summed E-state index contributed by atoms with van der Waals surface area (Å²) in [5.41, 5.74) is -0.0652. The molecule has 2 fully saturated rings. The van der Waals surface area contributed by atoms with Crippen LogP contribution in [0.15, 0.2) is 10.2 Å². The van der Waals surface area contributed by atoms with Gasteiger partial charge in [0, 0.05) is 12.5 Å². The highest BCUT2D eigenvalue weighted by molar-refractivity contribution is 14.1. The van der Waals surface area contributed by atoms with Gasteiger partial charge < -0.3 is 19.5 Å². The van der Waals surface area contributed by atoms with Crippen LogP contribution in [0.3, 0.4) is 0 Å². The predicted molar refractivity (Wildman–Crippen MR) is 84.1 cm³/mol. The van der Waals surface area contributed by atoms with E-state index in [4.69, 9.17) is 14.2 Å². The Balaban J connectivity index is 2.11. The van der Waals surface area contributed by atoms with E-state index in [0.29, 0.717) is 0 Å². The van der Waals surface area contributed by atoms with Gasteiger partial charge in [-0.05, 0) is 29.4 Å². The first-order chi connectivity index (χ1) is 10.0. The fourth-order valence-electron chi connectivity index (χ4n) is 2.88. The molecule has 1 amide bonds. The van der Waals surface area contributed by atoms with E-state index >= 15 is 0 Å². The molecule has 1 saturated heterocycles. The van der Waals surface area contributed by atoms with Crippen molar-refractivity contribution in [1.82, 2.24) is 5.32 Å². The summed E-state index contributed by atoms with van der Waals surface area (Å²) in [5, 5.41) is 2.48. The van der Waals surface area contributed by atoms with Crippen molar-refractivity contribution in [2.24, 2.45) is 5.41 Å². The minimum absolute atomic E-state index is 0.0652. The van der Waals surface area contributed by atoms with Crippen molar-refractivity contribution in [2.75, 3.05) is 14.2 Å². The van der Waals surface area contributed by atoms with Crippen molar-refractivity contribution in [3.63, 3.8) is 0 Å². The van der Waals surface area contributed by atoms with Crippen LogP contribution in [0.25, 0.3) is 0 Å². The minimum Gasteiger partial charge on any atom is -0.469 e. The van der Waals surface area contributed by atoms with Crippen LogP contribution in [0.2, 0.25) is 0 Å². The van der Waals surface area contributed by atoms with Crippen LogP contribution in [-0.2, 0) is 19.0 Å². The summed E-state index contributed by atoms with van der Waals surface area (Å²) < 4.78 is 18.0. The molecule has 1 saturated carbocycles. The average Bonchev–Trinajstić information content (AvgIpc) is 3.22. The number of carbonyl (C=O) groups is 2. The van der Waals surface area contributed by atoms with E-state index in [1.54, 1.807) is 0 Å². The smallest absolute Gasteiger partial charge is 0.407 e. The molecule has 0 radical (unpaired) electrons. The Labute approximate surface area is 137 Å². The highest BCUT2D eigenvalue weighted by Crippen LogP contribution is 2.58. The Hall–Kier alpha value is -0.830. The van der Waals surface area contributed by atoms with E-state index in [-0.39, 0.29) is 36.1 Å². The standard InChI is InChI=1S/C14H20INO5/c1-16-13(18)21-12-10(3-6-15)20-9(7-11(17)19-2)8-14(12)4-5-14/h3,6,9-10,12H,4-5,7-8H2,1-2H3,(H,16,18)/b6-3+/t9-,10-,12-/m1/s1. The van der Waals surface area contributed by atoms with Crippen LogP contribution in [0.4, 0.5) is 4.79 Å². The van der Waals surface area contributed by atoms with Crippen molar-refractivity contribution in [2.45, 2.75) is 44.0 Å². The lowest BCUT2D eigenvalue weighted by Crippen LogP contribution is -2.49. The van der Waals surface area contributed by atoms with Gasteiger partial charge in [-0.1, -0.05) is 22.6 Å². The van der Waals surface area contributed by atoms with Gasteiger partial charge in [0.25, 0.3) is 0 Å². The number of methoxy groups -OCH3 is 1. The third kappa shape index (κ3) is 3.88. The maximum atomic E-state index is 11.6. The molecule has 6 nitrogen and oxygen atoms in total. The summed E-state index contributed by atoms with van der Waals surface area (Å²) >= 11 is 2.11. The number of ether oxygens (including phenoxy) is 3. The zero-order chi connectivity index (χ0) is 15.5. The summed E-state index contributed by atoms with van der Waals surface area (Å²) in [6, 6.07) is 0. The third-order valence-electron chi connectivity index (χ3n) is 4.10. The van der Waals surface area contributed by atoms with Gasteiger partial charge in [-0.3, -0.25) is 4.79 Å². The summed E-state index contributed by atoms with van der Waals surface area (Å²) in [6.07, 6.45) is 3.52. The number of carbonyl (C=O) groups excluding carboxylic acids is 2. The van der Waals surface area contributed by atoms with Crippen LogP contribution in [0, 0.1) is 5.41 Å². The van der Waals surface area contributed by atoms with Gasteiger partial charge in [0.1, 0.15) is 12.2 Å². The van der Waals surface area contributed by atoms with Gasteiger partial charge in [-0.2, -0.15) is 0 Å². The van der Waals surface area contributed by atoms with Crippen molar-refractivity contribution in [3.05, 3.63) is 10.2 Å². The maximum Gasteiger partial charge on any atom is 0.407 e.